The lowest BCUT2D eigenvalue weighted by molar-refractivity contribution is -0.135. The maximum Gasteiger partial charge on any atom is 0.356 e. The highest BCUT2D eigenvalue weighted by Gasteiger charge is 2.32. The van der Waals surface area contributed by atoms with Crippen molar-refractivity contribution in [2.24, 2.45) is 5.92 Å². The van der Waals surface area contributed by atoms with E-state index in [-0.39, 0.29) is 45.9 Å². The largest absolute Gasteiger partial charge is 0.497 e. The fourth-order valence-electron chi connectivity index (χ4n) is 5.15. The zero-order chi connectivity index (χ0) is 37.4. The molecule has 0 saturated heterocycles. The lowest BCUT2D eigenvalue weighted by Gasteiger charge is -2.29. The van der Waals surface area contributed by atoms with Crippen LogP contribution < -0.4 is 30.6 Å². The minimum absolute atomic E-state index is 0.00930. The number of anilines is 3. The number of methoxy groups -OCH3 is 2. The number of carbonyl (C=O) groups is 1. The van der Waals surface area contributed by atoms with Crippen LogP contribution in [-0.2, 0) is 16.1 Å². The third-order valence-electron chi connectivity index (χ3n) is 7.65. The van der Waals surface area contributed by atoms with Gasteiger partial charge in [-0.2, -0.15) is 4.98 Å². The van der Waals surface area contributed by atoms with E-state index >= 15 is 4.39 Å². The normalized spacial score (nSPS) is 12.1. The van der Waals surface area contributed by atoms with Crippen LogP contribution in [0.15, 0.2) is 77.0 Å². The van der Waals surface area contributed by atoms with Crippen molar-refractivity contribution in [1.82, 2.24) is 14.5 Å². The minimum Gasteiger partial charge on any atom is -0.497 e. The van der Waals surface area contributed by atoms with Crippen LogP contribution in [0.4, 0.5) is 21.7 Å². The van der Waals surface area contributed by atoms with Gasteiger partial charge in [-0.25, -0.2) is 14.2 Å². The number of hydrogen-bond donors (Lipinski definition) is 3. The van der Waals surface area contributed by atoms with Crippen LogP contribution in [0, 0.1) is 17.1 Å². The fourth-order valence-corrected chi connectivity index (χ4v) is 5.49. The molecule has 4 rings (SSSR count). The SMILES string of the molecule is CCOC(=O)C(=N)/C(=C(\Nc1cnc(N(C)C)nc1OC)C(C)C)C(Nc1cc(Cl)cn(Cc2ccc(OC)cc2)c1=O)c1ccc(Cl)c(F)c1. The van der Waals surface area contributed by atoms with Crippen molar-refractivity contribution in [3.63, 3.8) is 0 Å². The number of hydrogen-bond acceptors (Lipinski definition) is 11. The van der Waals surface area contributed by atoms with Gasteiger partial charge in [0, 0.05) is 31.6 Å². The molecular weight excluding hydrogens is 700 g/mol. The number of allylic oxidation sites excluding steroid dienone is 1. The number of nitrogens with one attached hydrogen (secondary N) is 3. The van der Waals surface area contributed by atoms with Gasteiger partial charge in [-0.3, -0.25) is 10.2 Å². The first-order valence-electron chi connectivity index (χ1n) is 15.9. The quantitative estimate of drug-likeness (QED) is 0.0864. The summed E-state index contributed by atoms with van der Waals surface area (Å²) in [6, 6.07) is 11.5. The zero-order valence-electron chi connectivity index (χ0n) is 29.3. The molecule has 0 spiro atoms. The van der Waals surface area contributed by atoms with Crippen molar-refractivity contribution in [2.45, 2.75) is 33.4 Å². The molecule has 0 aliphatic heterocycles. The van der Waals surface area contributed by atoms with Crippen molar-refractivity contribution in [3.8, 4) is 11.6 Å². The summed E-state index contributed by atoms with van der Waals surface area (Å²) in [4.78, 5) is 37.9. The van der Waals surface area contributed by atoms with E-state index in [1.165, 1.54) is 48.3 Å². The first-order valence-corrected chi connectivity index (χ1v) is 16.6. The van der Waals surface area contributed by atoms with Crippen LogP contribution in [0.3, 0.4) is 0 Å². The number of benzene rings is 2. The number of pyridine rings is 1. The maximum atomic E-state index is 15.2. The molecule has 270 valence electrons. The van der Waals surface area contributed by atoms with Crippen LogP contribution in [-0.4, -0.2) is 61.1 Å². The molecule has 0 fully saturated rings. The first kappa shape index (κ1) is 38.7. The molecule has 15 heteroatoms. The summed E-state index contributed by atoms with van der Waals surface area (Å²) < 4.78 is 32.7. The highest BCUT2D eigenvalue weighted by molar-refractivity contribution is 6.42. The lowest BCUT2D eigenvalue weighted by Crippen LogP contribution is -2.32. The van der Waals surface area contributed by atoms with Crippen LogP contribution >= 0.6 is 23.2 Å². The molecule has 0 radical (unpaired) electrons. The Labute approximate surface area is 305 Å². The molecule has 1 atom stereocenters. The molecule has 51 heavy (non-hydrogen) atoms. The molecule has 0 amide bonds. The molecule has 2 aromatic carbocycles. The number of rotatable bonds is 15. The number of nitrogens with zero attached hydrogens (tertiary/aromatic N) is 4. The molecule has 2 aromatic heterocycles. The van der Waals surface area contributed by atoms with E-state index < -0.39 is 35.0 Å². The first-order chi connectivity index (χ1) is 24.3. The van der Waals surface area contributed by atoms with Gasteiger partial charge in [-0.1, -0.05) is 55.2 Å². The van der Waals surface area contributed by atoms with Crippen molar-refractivity contribution >= 4 is 52.2 Å². The fraction of sp³-hybridized carbons (Fsp3) is 0.306. The summed E-state index contributed by atoms with van der Waals surface area (Å²) in [5, 5.41) is 15.7. The second kappa shape index (κ2) is 17.2. The Morgan fingerprint density at radius 1 is 1.06 bits per heavy atom. The number of esters is 1. The van der Waals surface area contributed by atoms with Gasteiger partial charge in [0.05, 0.1) is 49.7 Å². The summed E-state index contributed by atoms with van der Waals surface area (Å²) in [5.41, 5.74) is 0.752. The topological polar surface area (TPSA) is 144 Å². The van der Waals surface area contributed by atoms with Crippen molar-refractivity contribution in [3.05, 3.63) is 110 Å². The highest BCUT2D eigenvalue weighted by atomic mass is 35.5. The number of ether oxygens (including phenoxy) is 3. The Hall–Kier alpha value is -5.14. The molecule has 0 aliphatic carbocycles. The molecule has 12 nitrogen and oxygen atoms in total. The van der Waals surface area contributed by atoms with Crippen molar-refractivity contribution in [1.29, 1.82) is 5.41 Å². The van der Waals surface area contributed by atoms with E-state index in [0.29, 0.717) is 23.1 Å². The van der Waals surface area contributed by atoms with Gasteiger partial charge in [0.25, 0.3) is 5.56 Å². The standard InChI is InChI=1S/C36H40Cl2FN7O5/c1-8-51-35(48)30(40)29(31(20(2)3)43-28-17-41-36(45(4)5)44-33(28)50-7)32(22-11-14-25(38)26(39)15-22)42-27-16-23(37)19-46(34(27)47)18-21-9-12-24(49-6)13-10-21/h9-17,19-20,32,40,42-43H,8,18H2,1-7H3/b31-29+,40-30?. The van der Waals surface area contributed by atoms with E-state index in [1.54, 1.807) is 45.2 Å². The van der Waals surface area contributed by atoms with Crippen molar-refractivity contribution in [2.75, 3.05) is 50.5 Å². The molecule has 0 aliphatic rings. The van der Waals surface area contributed by atoms with E-state index in [1.807, 2.05) is 26.0 Å². The number of carbonyl (C=O) groups excluding carboxylic acids is 1. The van der Waals surface area contributed by atoms with Gasteiger partial charge in [0.15, 0.2) is 0 Å². The van der Waals surface area contributed by atoms with Gasteiger partial charge in [0.1, 0.15) is 28.7 Å². The van der Waals surface area contributed by atoms with Gasteiger partial charge in [-0.05, 0) is 54.3 Å². The van der Waals surface area contributed by atoms with E-state index in [9.17, 15) is 15.0 Å². The second-order valence-electron chi connectivity index (χ2n) is 11.8. The van der Waals surface area contributed by atoms with Crippen molar-refractivity contribution < 1.29 is 23.4 Å². The predicted molar refractivity (Wildman–Crippen MR) is 198 cm³/mol. The zero-order valence-corrected chi connectivity index (χ0v) is 30.8. The van der Waals surface area contributed by atoms with E-state index in [4.69, 9.17) is 37.4 Å². The summed E-state index contributed by atoms with van der Waals surface area (Å²) >= 11 is 12.6. The molecule has 3 N–H and O–H groups in total. The van der Waals surface area contributed by atoms with Gasteiger partial charge in [-0.15, -0.1) is 0 Å². The van der Waals surface area contributed by atoms with Gasteiger partial charge >= 0.3 is 5.97 Å². The number of halogens is 3. The Kier molecular flexibility index (Phi) is 13.0. The Morgan fingerprint density at radius 2 is 1.76 bits per heavy atom. The maximum absolute atomic E-state index is 15.2. The molecule has 2 heterocycles. The summed E-state index contributed by atoms with van der Waals surface area (Å²) in [6.07, 6.45) is 3.01. The summed E-state index contributed by atoms with van der Waals surface area (Å²) in [6.45, 7) is 5.45. The molecule has 1 unspecified atom stereocenters. The van der Waals surface area contributed by atoms with Crippen LogP contribution in [0.1, 0.15) is 37.9 Å². The minimum atomic E-state index is -1.20. The number of aromatic nitrogens is 3. The summed E-state index contributed by atoms with van der Waals surface area (Å²) in [5.74, 6) is -0.863. The third kappa shape index (κ3) is 9.35. The Bertz CT molecular complexity index is 1980. The van der Waals surface area contributed by atoms with E-state index in [0.717, 1.165) is 5.56 Å². The molecule has 0 saturated carbocycles. The van der Waals surface area contributed by atoms with Gasteiger partial charge in [0.2, 0.25) is 11.8 Å². The third-order valence-corrected chi connectivity index (χ3v) is 8.16. The smallest absolute Gasteiger partial charge is 0.356 e. The lowest BCUT2D eigenvalue weighted by atomic mass is 9.89. The van der Waals surface area contributed by atoms with Crippen LogP contribution in [0.2, 0.25) is 10.0 Å². The van der Waals surface area contributed by atoms with Crippen LogP contribution in [0.5, 0.6) is 11.6 Å². The second-order valence-corrected chi connectivity index (χ2v) is 12.6. The Balaban J connectivity index is 1.97. The highest BCUT2D eigenvalue weighted by Crippen LogP contribution is 2.36. The molecule has 0 bridgehead atoms. The monoisotopic (exact) mass is 739 g/mol. The molecule has 4 aromatic rings. The van der Waals surface area contributed by atoms with Crippen LogP contribution in [0.25, 0.3) is 0 Å². The molecular formula is C36H40Cl2FN7O5. The van der Waals surface area contributed by atoms with Gasteiger partial charge < -0.3 is 34.3 Å². The average molecular weight is 741 g/mol. The Morgan fingerprint density at radius 3 is 2.35 bits per heavy atom. The van der Waals surface area contributed by atoms with E-state index in [2.05, 4.69) is 20.6 Å². The summed E-state index contributed by atoms with van der Waals surface area (Å²) in [7, 11) is 6.57. The average Bonchev–Trinajstić information content (AvgIpc) is 3.10. The predicted octanol–water partition coefficient (Wildman–Crippen LogP) is 6.97.